The monoisotopic (exact) mass is 252 g/mol. The third kappa shape index (κ3) is 1.38. The topological polar surface area (TPSA) is 15.6 Å². The third-order valence-electron chi connectivity index (χ3n) is 3.36. The fraction of sp³-hybridized carbons (Fsp3) is 0.417. The van der Waals surface area contributed by atoms with Crippen molar-refractivity contribution >= 4 is 28.5 Å². The molecule has 0 N–H and O–H groups in total. The molecule has 2 nitrogen and oxygen atoms in total. The summed E-state index contributed by atoms with van der Waals surface area (Å²) in [6, 6.07) is 6.74. The van der Waals surface area contributed by atoms with Crippen LogP contribution in [0.2, 0.25) is 5.02 Å². The third-order valence-corrected chi connectivity index (χ3v) is 5.01. The number of hydrogen-bond donors (Lipinski definition) is 0. The van der Waals surface area contributed by atoms with Crippen molar-refractivity contribution in [1.29, 1.82) is 0 Å². The SMILES string of the molecule is CN=C1SC2Cc3cc(Cl)ccc3C2N1C. The van der Waals surface area contributed by atoms with Gasteiger partial charge in [-0.1, -0.05) is 29.4 Å². The smallest absolute Gasteiger partial charge is 0.159 e. The van der Waals surface area contributed by atoms with Crippen molar-refractivity contribution < 1.29 is 0 Å². The molecule has 1 heterocycles. The number of hydrogen-bond acceptors (Lipinski definition) is 2. The first-order chi connectivity index (χ1) is 7.70. The van der Waals surface area contributed by atoms with E-state index < -0.39 is 0 Å². The Labute approximate surface area is 105 Å². The summed E-state index contributed by atoms with van der Waals surface area (Å²) in [7, 11) is 3.99. The van der Waals surface area contributed by atoms with E-state index in [0.717, 1.165) is 16.6 Å². The normalized spacial score (nSPS) is 29.7. The lowest BCUT2D eigenvalue weighted by Crippen LogP contribution is -2.23. The zero-order valence-electron chi connectivity index (χ0n) is 9.27. The van der Waals surface area contributed by atoms with Crippen LogP contribution in [0.4, 0.5) is 0 Å². The highest BCUT2D eigenvalue weighted by atomic mass is 35.5. The molecular formula is C12H13ClN2S. The van der Waals surface area contributed by atoms with Crippen molar-refractivity contribution in [1.82, 2.24) is 4.90 Å². The van der Waals surface area contributed by atoms with Crippen LogP contribution in [-0.2, 0) is 6.42 Å². The van der Waals surface area contributed by atoms with Crippen LogP contribution < -0.4 is 0 Å². The van der Waals surface area contributed by atoms with Crippen LogP contribution >= 0.6 is 23.4 Å². The lowest BCUT2D eigenvalue weighted by Gasteiger charge is -2.20. The molecule has 84 valence electrons. The van der Waals surface area contributed by atoms with Gasteiger partial charge in [-0.25, -0.2) is 0 Å². The van der Waals surface area contributed by atoms with E-state index in [1.807, 2.05) is 24.9 Å². The summed E-state index contributed by atoms with van der Waals surface area (Å²) < 4.78 is 0. The highest BCUT2D eigenvalue weighted by molar-refractivity contribution is 8.14. The average molecular weight is 253 g/mol. The quantitative estimate of drug-likeness (QED) is 0.706. The summed E-state index contributed by atoms with van der Waals surface area (Å²) in [6.45, 7) is 0. The molecule has 0 saturated carbocycles. The Morgan fingerprint density at radius 2 is 2.31 bits per heavy atom. The van der Waals surface area contributed by atoms with Gasteiger partial charge in [-0.3, -0.25) is 4.99 Å². The van der Waals surface area contributed by atoms with Crippen LogP contribution in [0.3, 0.4) is 0 Å². The van der Waals surface area contributed by atoms with Gasteiger partial charge in [0, 0.05) is 24.4 Å². The first-order valence-electron chi connectivity index (χ1n) is 5.35. The number of thioether (sulfide) groups is 1. The molecule has 4 heteroatoms. The summed E-state index contributed by atoms with van der Waals surface area (Å²) >= 11 is 7.91. The molecule has 1 aliphatic carbocycles. The minimum absolute atomic E-state index is 0.482. The lowest BCUT2D eigenvalue weighted by molar-refractivity contribution is 0.402. The Kier molecular flexibility index (Phi) is 2.41. The Morgan fingerprint density at radius 1 is 1.50 bits per heavy atom. The molecule has 2 atom stereocenters. The summed E-state index contributed by atoms with van der Waals surface area (Å²) in [5.41, 5.74) is 2.82. The molecule has 1 aromatic rings. The number of amidine groups is 1. The van der Waals surface area contributed by atoms with Crippen LogP contribution in [0.15, 0.2) is 23.2 Å². The standard InChI is InChI=1S/C12H13ClN2S/c1-14-12-15(2)11-9-4-3-8(13)5-7(9)6-10(11)16-12/h3-5,10-11H,6H2,1-2H3. The molecule has 0 aromatic heterocycles. The van der Waals surface area contributed by atoms with Crippen molar-refractivity contribution in [2.75, 3.05) is 14.1 Å². The maximum atomic E-state index is 6.03. The first kappa shape index (κ1) is 10.5. The van der Waals surface area contributed by atoms with Gasteiger partial charge >= 0.3 is 0 Å². The van der Waals surface area contributed by atoms with Crippen LogP contribution in [0, 0.1) is 0 Å². The zero-order chi connectivity index (χ0) is 11.3. The van der Waals surface area contributed by atoms with E-state index in [0.29, 0.717) is 11.3 Å². The van der Waals surface area contributed by atoms with E-state index in [2.05, 4.69) is 29.1 Å². The predicted molar refractivity (Wildman–Crippen MR) is 70.4 cm³/mol. The molecule has 3 rings (SSSR count). The molecule has 0 spiro atoms. The maximum absolute atomic E-state index is 6.03. The predicted octanol–water partition coefficient (Wildman–Crippen LogP) is 2.97. The van der Waals surface area contributed by atoms with E-state index >= 15 is 0 Å². The fourth-order valence-electron chi connectivity index (χ4n) is 2.68. The second-order valence-electron chi connectivity index (χ2n) is 4.27. The van der Waals surface area contributed by atoms with Gasteiger partial charge in [0.05, 0.1) is 6.04 Å². The molecule has 16 heavy (non-hydrogen) atoms. The van der Waals surface area contributed by atoms with Gasteiger partial charge in [0.2, 0.25) is 0 Å². The molecule has 0 radical (unpaired) electrons. The van der Waals surface area contributed by atoms with Crippen molar-refractivity contribution in [3.63, 3.8) is 0 Å². The number of fused-ring (bicyclic) bond motifs is 3. The summed E-state index contributed by atoms with van der Waals surface area (Å²) in [4.78, 5) is 6.61. The molecule has 0 amide bonds. The second kappa shape index (κ2) is 3.67. The second-order valence-corrected chi connectivity index (χ2v) is 5.91. The Balaban J connectivity index is 2.04. The van der Waals surface area contributed by atoms with E-state index in [9.17, 15) is 0 Å². The minimum Gasteiger partial charge on any atom is -0.346 e. The molecule has 1 fully saturated rings. The molecule has 1 aliphatic heterocycles. The van der Waals surface area contributed by atoms with Gasteiger partial charge in [-0.05, 0) is 29.7 Å². The van der Waals surface area contributed by atoms with Crippen molar-refractivity contribution in [2.45, 2.75) is 17.7 Å². The molecule has 2 unspecified atom stereocenters. The van der Waals surface area contributed by atoms with E-state index in [1.54, 1.807) is 0 Å². The maximum Gasteiger partial charge on any atom is 0.159 e. The van der Waals surface area contributed by atoms with Gasteiger partial charge in [0.25, 0.3) is 0 Å². The summed E-state index contributed by atoms with van der Waals surface area (Å²) in [5, 5.41) is 2.60. The number of nitrogens with zero attached hydrogens (tertiary/aromatic N) is 2. The van der Waals surface area contributed by atoms with Crippen LogP contribution in [0.1, 0.15) is 17.2 Å². The summed E-state index contributed by atoms with van der Waals surface area (Å²) in [5.74, 6) is 0. The number of rotatable bonds is 0. The molecular weight excluding hydrogens is 240 g/mol. The van der Waals surface area contributed by atoms with Crippen molar-refractivity contribution in [3.05, 3.63) is 34.3 Å². The highest BCUT2D eigenvalue weighted by Gasteiger charge is 2.43. The number of halogens is 1. The Bertz CT molecular complexity index is 472. The van der Waals surface area contributed by atoms with Crippen LogP contribution in [0.5, 0.6) is 0 Å². The Morgan fingerprint density at radius 3 is 3.06 bits per heavy atom. The zero-order valence-corrected chi connectivity index (χ0v) is 10.8. The average Bonchev–Trinajstić information content (AvgIpc) is 2.75. The van der Waals surface area contributed by atoms with Gasteiger partial charge in [0.15, 0.2) is 5.17 Å². The van der Waals surface area contributed by atoms with Gasteiger partial charge in [-0.15, -0.1) is 0 Å². The number of aliphatic imine (C=N–C) groups is 1. The highest BCUT2D eigenvalue weighted by Crippen LogP contribution is 2.48. The van der Waals surface area contributed by atoms with Gasteiger partial charge in [-0.2, -0.15) is 0 Å². The van der Waals surface area contributed by atoms with Crippen molar-refractivity contribution in [3.8, 4) is 0 Å². The van der Waals surface area contributed by atoms with Crippen LogP contribution in [0.25, 0.3) is 0 Å². The van der Waals surface area contributed by atoms with Gasteiger partial charge < -0.3 is 4.90 Å². The first-order valence-corrected chi connectivity index (χ1v) is 6.61. The number of benzene rings is 1. The molecule has 0 bridgehead atoms. The molecule has 1 saturated heterocycles. The lowest BCUT2D eigenvalue weighted by atomic mass is 10.1. The van der Waals surface area contributed by atoms with Crippen molar-refractivity contribution in [2.24, 2.45) is 4.99 Å². The fourth-order valence-corrected chi connectivity index (χ4v) is 4.25. The van der Waals surface area contributed by atoms with Gasteiger partial charge in [0.1, 0.15) is 0 Å². The van der Waals surface area contributed by atoms with E-state index in [1.165, 1.54) is 11.1 Å². The summed E-state index contributed by atoms with van der Waals surface area (Å²) in [6.07, 6.45) is 1.11. The van der Waals surface area contributed by atoms with E-state index in [4.69, 9.17) is 11.6 Å². The molecule has 1 aromatic carbocycles. The largest absolute Gasteiger partial charge is 0.346 e. The Hall–Kier alpha value is -0.670. The molecule has 2 aliphatic rings. The van der Waals surface area contributed by atoms with E-state index in [-0.39, 0.29) is 0 Å². The minimum atomic E-state index is 0.482. The van der Waals surface area contributed by atoms with Crippen LogP contribution in [-0.4, -0.2) is 29.4 Å².